The third kappa shape index (κ3) is 3.60. The number of rotatable bonds is 6. The van der Waals surface area contributed by atoms with Gasteiger partial charge in [0.15, 0.2) is 11.5 Å². The molecule has 148 valence electrons. The second-order valence-corrected chi connectivity index (χ2v) is 6.49. The van der Waals surface area contributed by atoms with Crippen molar-refractivity contribution in [3.8, 4) is 17.2 Å². The normalized spacial score (nSPS) is 15.0. The van der Waals surface area contributed by atoms with Gasteiger partial charge in [-0.2, -0.15) is 0 Å². The zero-order valence-electron chi connectivity index (χ0n) is 16.4. The van der Waals surface area contributed by atoms with E-state index in [2.05, 4.69) is 5.32 Å². The average molecular weight is 384 g/mol. The summed E-state index contributed by atoms with van der Waals surface area (Å²) in [5, 5.41) is 2.92. The maximum atomic E-state index is 12.8. The van der Waals surface area contributed by atoms with Crippen LogP contribution in [0.15, 0.2) is 36.4 Å². The molecule has 1 atom stereocenters. The maximum Gasteiger partial charge on any atom is 0.243 e. The van der Waals surface area contributed by atoms with Gasteiger partial charge in [-0.25, -0.2) is 0 Å². The summed E-state index contributed by atoms with van der Waals surface area (Å²) in [5.41, 5.74) is 2.58. The molecule has 0 saturated carbocycles. The molecule has 0 aliphatic carbocycles. The van der Waals surface area contributed by atoms with E-state index in [0.29, 0.717) is 23.7 Å². The molecule has 1 N–H and O–H groups in total. The predicted octanol–water partition coefficient (Wildman–Crippen LogP) is 2.31. The molecule has 2 amide bonds. The Morgan fingerprint density at radius 1 is 1.07 bits per heavy atom. The Bertz CT molecular complexity index is 871. The molecule has 7 nitrogen and oxygen atoms in total. The van der Waals surface area contributed by atoms with Crippen LogP contribution in [0, 0.1) is 0 Å². The van der Waals surface area contributed by atoms with Gasteiger partial charge < -0.3 is 19.5 Å². The molecule has 2 aromatic carbocycles. The van der Waals surface area contributed by atoms with Crippen molar-refractivity contribution in [2.24, 2.45) is 0 Å². The molecular weight excluding hydrogens is 360 g/mol. The fraction of sp³-hybridized carbons (Fsp3) is 0.333. The summed E-state index contributed by atoms with van der Waals surface area (Å²) >= 11 is 0. The molecule has 0 fully saturated rings. The molecule has 0 unspecified atom stereocenters. The number of fused-ring (bicyclic) bond motifs is 1. The van der Waals surface area contributed by atoms with Crippen molar-refractivity contribution in [1.82, 2.24) is 5.32 Å². The van der Waals surface area contributed by atoms with Crippen molar-refractivity contribution < 1.29 is 23.8 Å². The molecule has 0 aromatic heterocycles. The summed E-state index contributed by atoms with van der Waals surface area (Å²) in [6.07, 6.45) is 0.497. The Morgan fingerprint density at radius 3 is 2.29 bits per heavy atom. The van der Waals surface area contributed by atoms with Crippen molar-refractivity contribution in [2.45, 2.75) is 25.9 Å². The number of nitrogens with one attached hydrogen (secondary N) is 1. The van der Waals surface area contributed by atoms with Gasteiger partial charge in [0.05, 0.1) is 21.3 Å². The number of anilines is 1. The van der Waals surface area contributed by atoms with Crippen molar-refractivity contribution in [2.75, 3.05) is 26.2 Å². The van der Waals surface area contributed by atoms with Crippen LogP contribution in [0.25, 0.3) is 0 Å². The number of nitrogens with zero attached hydrogens (tertiary/aromatic N) is 1. The van der Waals surface area contributed by atoms with Crippen molar-refractivity contribution in [1.29, 1.82) is 0 Å². The molecule has 0 saturated heterocycles. The minimum Gasteiger partial charge on any atom is -0.493 e. The van der Waals surface area contributed by atoms with Crippen molar-refractivity contribution in [3.63, 3.8) is 0 Å². The second kappa shape index (κ2) is 8.21. The van der Waals surface area contributed by atoms with E-state index in [-0.39, 0.29) is 18.4 Å². The highest BCUT2D eigenvalue weighted by Gasteiger charge is 2.36. The minimum atomic E-state index is -0.558. The second-order valence-electron chi connectivity index (χ2n) is 6.49. The first-order chi connectivity index (χ1) is 13.5. The number of hydrogen-bond acceptors (Lipinski definition) is 5. The maximum absolute atomic E-state index is 12.8. The standard InChI is InChI=1S/C21H24N2O5/c1-13(24)23-16-8-6-5-7-15(16)11-17(23)21(25)22-12-14-9-18(26-2)20(28-4)19(10-14)27-3/h5-10,17H,11-12H2,1-4H3,(H,22,25)/t17-/m0/s1. The predicted molar refractivity (Wildman–Crippen MR) is 105 cm³/mol. The molecular formula is C21H24N2O5. The van der Waals surface area contributed by atoms with Gasteiger partial charge in [0.2, 0.25) is 17.6 Å². The minimum absolute atomic E-state index is 0.155. The molecule has 7 heteroatoms. The van der Waals surface area contributed by atoms with Crippen LogP contribution in [-0.2, 0) is 22.6 Å². The van der Waals surface area contributed by atoms with Crippen LogP contribution in [-0.4, -0.2) is 39.2 Å². The SMILES string of the molecule is COc1cc(CNC(=O)[C@@H]2Cc3ccccc3N2C(C)=O)cc(OC)c1OC. The molecule has 0 spiro atoms. The Morgan fingerprint density at radius 2 is 1.71 bits per heavy atom. The van der Waals surface area contributed by atoms with E-state index >= 15 is 0 Å². The molecule has 28 heavy (non-hydrogen) atoms. The highest BCUT2D eigenvalue weighted by atomic mass is 16.5. The number of ether oxygens (including phenoxy) is 3. The highest BCUT2D eigenvalue weighted by molar-refractivity contribution is 6.02. The van der Waals surface area contributed by atoms with Crippen molar-refractivity contribution >= 4 is 17.5 Å². The largest absolute Gasteiger partial charge is 0.493 e. The van der Waals surface area contributed by atoms with Crippen LogP contribution < -0.4 is 24.4 Å². The summed E-state index contributed by atoms with van der Waals surface area (Å²) in [6, 6.07) is 10.6. The Hall–Kier alpha value is -3.22. The number of carbonyl (C=O) groups is 2. The molecule has 1 heterocycles. The molecule has 2 aromatic rings. The lowest BCUT2D eigenvalue weighted by atomic mass is 10.1. The lowest BCUT2D eigenvalue weighted by Crippen LogP contribution is -2.47. The molecule has 0 bridgehead atoms. The lowest BCUT2D eigenvalue weighted by Gasteiger charge is -2.23. The van der Waals surface area contributed by atoms with Gasteiger partial charge in [-0.15, -0.1) is 0 Å². The topological polar surface area (TPSA) is 77.1 Å². The van der Waals surface area contributed by atoms with Gasteiger partial charge in [-0.1, -0.05) is 18.2 Å². The fourth-order valence-corrected chi connectivity index (χ4v) is 3.53. The zero-order valence-corrected chi connectivity index (χ0v) is 16.4. The first-order valence-corrected chi connectivity index (χ1v) is 8.94. The molecule has 3 rings (SSSR count). The highest BCUT2D eigenvalue weighted by Crippen LogP contribution is 2.38. The van der Waals surface area contributed by atoms with Crippen LogP contribution in [0.5, 0.6) is 17.2 Å². The molecule has 0 radical (unpaired) electrons. The van der Waals surface area contributed by atoms with Crippen LogP contribution in [0.4, 0.5) is 5.69 Å². The van der Waals surface area contributed by atoms with E-state index in [1.165, 1.54) is 14.0 Å². The average Bonchev–Trinajstić information content (AvgIpc) is 3.11. The third-order valence-corrected chi connectivity index (χ3v) is 4.81. The number of methoxy groups -OCH3 is 3. The Balaban J connectivity index is 1.77. The summed E-state index contributed by atoms with van der Waals surface area (Å²) in [4.78, 5) is 26.5. The van der Waals surface area contributed by atoms with E-state index in [1.807, 2.05) is 24.3 Å². The summed E-state index contributed by atoms with van der Waals surface area (Å²) < 4.78 is 16.0. The van der Waals surface area contributed by atoms with E-state index in [1.54, 1.807) is 31.3 Å². The van der Waals surface area contributed by atoms with E-state index < -0.39 is 6.04 Å². The van der Waals surface area contributed by atoms with Gasteiger partial charge in [0.25, 0.3) is 0 Å². The number of amides is 2. The van der Waals surface area contributed by atoms with Gasteiger partial charge in [0, 0.05) is 25.6 Å². The zero-order chi connectivity index (χ0) is 20.3. The van der Waals surface area contributed by atoms with Crippen molar-refractivity contribution in [3.05, 3.63) is 47.5 Å². The smallest absolute Gasteiger partial charge is 0.243 e. The number of carbonyl (C=O) groups excluding carboxylic acids is 2. The van der Waals surface area contributed by atoms with Gasteiger partial charge in [-0.05, 0) is 29.3 Å². The lowest BCUT2D eigenvalue weighted by molar-refractivity contribution is -0.125. The van der Waals surface area contributed by atoms with Crippen LogP contribution in [0.3, 0.4) is 0 Å². The fourth-order valence-electron chi connectivity index (χ4n) is 3.53. The summed E-state index contributed by atoms with van der Waals surface area (Å²) in [7, 11) is 4.62. The Labute approximate surface area is 164 Å². The molecule has 1 aliphatic rings. The van der Waals surface area contributed by atoms with Gasteiger partial charge in [-0.3, -0.25) is 14.5 Å². The number of hydrogen-bond donors (Lipinski definition) is 1. The number of benzene rings is 2. The Kier molecular flexibility index (Phi) is 5.73. The third-order valence-electron chi connectivity index (χ3n) is 4.81. The van der Waals surface area contributed by atoms with E-state index in [0.717, 1.165) is 16.8 Å². The first kappa shape index (κ1) is 19.5. The van der Waals surface area contributed by atoms with Gasteiger partial charge >= 0.3 is 0 Å². The molecule has 1 aliphatic heterocycles. The monoisotopic (exact) mass is 384 g/mol. The quantitative estimate of drug-likeness (QED) is 0.827. The van der Waals surface area contributed by atoms with Gasteiger partial charge in [0.1, 0.15) is 6.04 Å². The van der Waals surface area contributed by atoms with Crippen LogP contribution >= 0.6 is 0 Å². The first-order valence-electron chi connectivity index (χ1n) is 8.94. The number of para-hydroxylation sites is 1. The van der Waals surface area contributed by atoms with E-state index in [4.69, 9.17) is 14.2 Å². The van der Waals surface area contributed by atoms with Crippen LogP contribution in [0.2, 0.25) is 0 Å². The van der Waals surface area contributed by atoms with Crippen LogP contribution in [0.1, 0.15) is 18.1 Å². The van der Waals surface area contributed by atoms with E-state index in [9.17, 15) is 9.59 Å². The summed E-state index contributed by atoms with van der Waals surface area (Å²) in [5.74, 6) is 1.17. The summed E-state index contributed by atoms with van der Waals surface area (Å²) in [6.45, 7) is 1.75.